The van der Waals surface area contributed by atoms with Crippen LogP contribution >= 0.6 is 0 Å². The molecule has 0 atom stereocenters. The van der Waals surface area contributed by atoms with Gasteiger partial charge in [0.1, 0.15) is 0 Å². The highest BCUT2D eigenvalue weighted by atomic mass is 16.4. The lowest BCUT2D eigenvalue weighted by atomic mass is 9.90. The van der Waals surface area contributed by atoms with Crippen LogP contribution in [0.4, 0.5) is 0 Å². The maximum Gasteiger partial charge on any atom is 0.546 e. The Labute approximate surface area is 73.0 Å². The Kier molecular flexibility index (Phi) is 5.74. The summed E-state index contributed by atoms with van der Waals surface area (Å²) in [4.78, 5) is 0. The van der Waals surface area contributed by atoms with Crippen molar-refractivity contribution in [2.75, 3.05) is 0 Å². The Balaban J connectivity index is 0. The third kappa shape index (κ3) is 9.86. The average molecular weight is 179 g/mol. The van der Waals surface area contributed by atoms with Crippen LogP contribution in [0.1, 0.15) is 27.7 Å². The molecule has 0 aromatic rings. The van der Waals surface area contributed by atoms with E-state index in [1.807, 2.05) is 0 Å². The molecule has 5 nitrogen and oxygen atoms in total. The summed E-state index contributed by atoms with van der Waals surface area (Å²) in [6.45, 7) is 6.31. The minimum absolute atomic E-state index is 1.01. The van der Waals surface area contributed by atoms with Gasteiger partial charge in [0.2, 0.25) is 0 Å². The van der Waals surface area contributed by atoms with Crippen molar-refractivity contribution in [2.45, 2.75) is 38.9 Å². The van der Waals surface area contributed by atoms with Crippen molar-refractivity contribution >= 4 is 7.25 Å². The fourth-order valence-electron chi connectivity index (χ4n) is 0. The molecule has 0 aliphatic heterocycles. The van der Waals surface area contributed by atoms with Gasteiger partial charge in [0.05, 0.1) is 11.2 Å². The van der Waals surface area contributed by atoms with Crippen molar-refractivity contribution in [3.05, 3.63) is 0 Å². The second-order valence-corrected chi connectivity index (χ2v) is 3.53. The van der Waals surface area contributed by atoms with Crippen LogP contribution < -0.4 is 5.64 Å². The summed E-state index contributed by atoms with van der Waals surface area (Å²) in [6, 6.07) is 0. The maximum absolute atomic E-state index is 9.10. The molecule has 0 amide bonds. The summed E-state index contributed by atoms with van der Waals surface area (Å²) >= 11 is 0. The van der Waals surface area contributed by atoms with E-state index in [0.29, 0.717) is 0 Å². The number of rotatable bonds is 1. The van der Waals surface area contributed by atoms with Gasteiger partial charge in [-0.1, -0.05) is 0 Å². The second-order valence-electron chi connectivity index (χ2n) is 3.53. The Morgan fingerprint density at radius 2 is 1.00 bits per heavy atom. The van der Waals surface area contributed by atoms with Gasteiger partial charge in [0.15, 0.2) is 0 Å². The zero-order valence-electron chi connectivity index (χ0n) is 7.94. The Morgan fingerprint density at radius 3 is 1.00 bits per heavy atom. The van der Waals surface area contributed by atoms with Crippen molar-refractivity contribution in [1.29, 1.82) is 0 Å². The van der Waals surface area contributed by atoms with Crippen molar-refractivity contribution in [3.8, 4) is 0 Å². The lowest BCUT2D eigenvalue weighted by Gasteiger charge is -2.31. The third-order valence-corrected chi connectivity index (χ3v) is 1.50. The molecule has 0 fully saturated rings. The fraction of sp³-hybridized carbons (Fsp3) is 1.00. The SMILES string of the molecule is CC(C)(O)C(C)(C)O.NB(O)O. The molecule has 0 radical (unpaired) electrons. The van der Waals surface area contributed by atoms with E-state index in [0.717, 1.165) is 0 Å². The Hall–Kier alpha value is -0.135. The van der Waals surface area contributed by atoms with E-state index < -0.39 is 18.5 Å². The highest BCUT2D eigenvalue weighted by molar-refractivity contribution is 6.36. The summed E-state index contributed by atoms with van der Waals surface area (Å²) in [5.74, 6) is 0. The van der Waals surface area contributed by atoms with Gasteiger partial charge in [-0.3, -0.25) is 0 Å². The number of hydrogen-bond donors (Lipinski definition) is 5. The van der Waals surface area contributed by atoms with Crippen LogP contribution in [0.5, 0.6) is 0 Å². The van der Waals surface area contributed by atoms with E-state index in [1.165, 1.54) is 0 Å². The molecule has 6 N–H and O–H groups in total. The van der Waals surface area contributed by atoms with Crippen molar-refractivity contribution in [1.82, 2.24) is 0 Å². The molecule has 0 bridgehead atoms. The molecule has 0 aliphatic rings. The monoisotopic (exact) mass is 179 g/mol. The predicted molar refractivity (Wildman–Crippen MR) is 47.0 cm³/mol. The van der Waals surface area contributed by atoms with Crippen molar-refractivity contribution in [2.24, 2.45) is 5.64 Å². The lowest BCUT2D eigenvalue weighted by Crippen LogP contribution is -2.44. The van der Waals surface area contributed by atoms with Crippen LogP contribution in [0, 0.1) is 0 Å². The van der Waals surface area contributed by atoms with E-state index in [2.05, 4.69) is 5.64 Å². The molecule has 0 spiro atoms. The van der Waals surface area contributed by atoms with E-state index in [4.69, 9.17) is 20.3 Å². The first-order valence-corrected chi connectivity index (χ1v) is 3.55. The van der Waals surface area contributed by atoms with Crippen molar-refractivity contribution < 1.29 is 20.3 Å². The number of nitrogens with two attached hydrogens (primary N) is 1. The molecule has 0 unspecified atom stereocenters. The molecule has 0 aliphatic carbocycles. The van der Waals surface area contributed by atoms with Gasteiger partial charge in [0.25, 0.3) is 0 Å². The largest absolute Gasteiger partial charge is 0.546 e. The topological polar surface area (TPSA) is 107 Å². The van der Waals surface area contributed by atoms with Gasteiger partial charge in [-0.2, -0.15) is 0 Å². The summed E-state index contributed by atoms with van der Waals surface area (Å²) in [6.07, 6.45) is 0. The van der Waals surface area contributed by atoms with Crippen molar-refractivity contribution in [3.63, 3.8) is 0 Å². The normalized spacial score (nSPS) is 11.8. The van der Waals surface area contributed by atoms with Gasteiger partial charge in [-0.15, -0.1) is 0 Å². The predicted octanol–water partition coefficient (Wildman–Crippen LogP) is -1.56. The third-order valence-electron chi connectivity index (χ3n) is 1.50. The van der Waals surface area contributed by atoms with Gasteiger partial charge in [-0.25, -0.2) is 0 Å². The highest BCUT2D eigenvalue weighted by Gasteiger charge is 2.31. The molecule has 0 aromatic carbocycles. The van der Waals surface area contributed by atoms with Gasteiger partial charge in [0, 0.05) is 0 Å². The van der Waals surface area contributed by atoms with Crippen LogP contribution in [0.3, 0.4) is 0 Å². The minimum atomic E-state index is -1.67. The molecule has 0 saturated carbocycles. The molecule has 0 rings (SSSR count). The molecule has 74 valence electrons. The quantitative estimate of drug-likeness (QED) is 0.313. The molecule has 0 aromatic heterocycles. The summed E-state index contributed by atoms with van der Waals surface area (Å²) in [7, 11) is -1.67. The molecule has 0 saturated heterocycles. The van der Waals surface area contributed by atoms with E-state index in [9.17, 15) is 0 Å². The smallest absolute Gasteiger partial charge is 0.413 e. The number of hydrogen-bond acceptors (Lipinski definition) is 5. The van der Waals surface area contributed by atoms with E-state index >= 15 is 0 Å². The van der Waals surface area contributed by atoms with Crippen LogP contribution in [0.2, 0.25) is 0 Å². The lowest BCUT2D eigenvalue weighted by molar-refractivity contribution is -0.107. The maximum atomic E-state index is 9.10. The first kappa shape index (κ1) is 14.4. The molecule has 6 heteroatoms. The van der Waals surface area contributed by atoms with E-state index in [-0.39, 0.29) is 0 Å². The van der Waals surface area contributed by atoms with Gasteiger partial charge < -0.3 is 25.9 Å². The van der Waals surface area contributed by atoms with Crippen LogP contribution in [-0.4, -0.2) is 38.7 Å². The first-order chi connectivity index (χ1) is 4.98. The first-order valence-electron chi connectivity index (χ1n) is 3.55. The molecular weight excluding hydrogens is 161 g/mol. The summed E-state index contributed by atoms with van der Waals surface area (Å²) < 4.78 is 0. The van der Waals surface area contributed by atoms with Gasteiger partial charge in [-0.05, 0) is 27.7 Å². The highest BCUT2D eigenvalue weighted by Crippen LogP contribution is 2.19. The summed E-state index contributed by atoms with van der Waals surface area (Å²) in [5.41, 5.74) is 2.21. The van der Waals surface area contributed by atoms with Crippen LogP contribution in [0.25, 0.3) is 0 Å². The van der Waals surface area contributed by atoms with Crippen LogP contribution in [0.15, 0.2) is 0 Å². The number of aliphatic hydroxyl groups is 2. The average Bonchev–Trinajstić information content (AvgIpc) is 1.55. The Morgan fingerprint density at radius 1 is 0.917 bits per heavy atom. The Bertz CT molecular complexity index is 101. The summed E-state index contributed by atoms with van der Waals surface area (Å²) in [5, 5.41) is 33.0. The molecule has 12 heavy (non-hydrogen) atoms. The molecular formula is C6H18BNO4. The fourth-order valence-corrected chi connectivity index (χ4v) is 0. The zero-order chi connectivity index (χ0) is 10.6. The standard InChI is InChI=1S/C6H14O2.BH4NO2/c1-5(2,7)6(3,4)8;2-1(3)4/h7-8H,1-4H3;3-4H,2H2. The minimum Gasteiger partial charge on any atom is -0.413 e. The second kappa shape index (κ2) is 4.79. The van der Waals surface area contributed by atoms with Crippen LogP contribution in [-0.2, 0) is 0 Å². The van der Waals surface area contributed by atoms with Gasteiger partial charge >= 0.3 is 7.25 Å². The molecule has 0 heterocycles. The van der Waals surface area contributed by atoms with E-state index in [1.54, 1.807) is 27.7 Å². The zero-order valence-corrected chi connectivity index (χ0v) is 7.94.